The molecule has 2 aromatic heterocycles. The topological polar surface area (TPSA) is 73.4 Å². The predicted molar refractivity (Wildman–Crippen MR) is 107 cm³/mol. The SMILES string of the molecule is Cc1ccc(-n2c(SCC(=O)N3CCOCC3)nnc2-c2ccoc2C)cc1. The quantitative estimate of drug-likeness (QED) is 0.615. The molecule has 0 bridgehead atoms. The number of hydrogen-bond donors (Lipinski definition) is 0. The van der Waals surface area contributed by atoms with Crippen LogP contribution in [0.15, 0.2) is 46.2 Å². The van der Waals surface area contributed by atoms with E-state index in [1.807, 2.05) is 41.5 Å². The Labute approximate surface area is 167 Å². The Morgan fingerprint density at radius 2 is 1.86 bits per heavy atom. The van der Waals surface area contributed by atoms with E-state index in [4.69, 9.17) is 9.15 Å². The van der Waals surface area contributed by atoms with Crippen molar-refractivity contribution < 1.29 is 13.9 Å². The van der Waals surface area contributed by atoms with Gasteiger partial charge in [0.05, 0.1) is 30.8 Å². The molecule has 1 aliphatic heterocycles. The Kier molecular flexibility index (Phi) is 5.50. The molecule has 1 amide bonds. The normalized spacial score (nSPS) is 14.4. The predicted octanol–water partition coefficient (Wildman–Crippen LogP) is 3.10. The minimum Gasteiger partial charge on any atom is -0.469 e. The van der Waals surface area contributed by atoms with Gasteiger partial charge in [0.1, 0.15) is 5.76 Å². The highest BCUT2D eigenvalue weighted by Gasteiger charge is 2.22. The lowest BCUT2D eigenvalue weighted by Crippen LogP contribution is -2.41. The second kappa shape index (κ2) is 8.20. The highest BCUT2D eigenvalue weighted by Crippen LogP contribution is 2.30. The lowest BCUT2D eigenvalue weighted by molar-refractivity contribution is -0.132. The largest absolute Gasteiger partial charge is 0.469 e. The Hall–Kier alpha value is -2.58. The number of amides is 1. The van der Waals surface area contributed by atoms with Gasteiger partial charge in [-0.25, -0.2) is 0 Å². The van der Waals surface area contributed by atoms with E-state index < -0.39 is 0 Å². The Morgan fingerprint density at radius 1 is 1.11 bits per heavy atom. The molecule has 146 valence electrons. The smallest absolute Gasteiger partial charge is 0.233 e. The zero-order valence-corrected chi connectivity index (χ0v) is 16.7. The van der Waals surface area contributed by atoms with Crippen LogP contribution in [0.3, 0.4) is 0 Å². The summed E-state index contributed by atoms with van der Waals surface area (Å²) in [6.07, 6.45) is 1.65. The van der Waals surface area contributed by atoms with Crippen molar-refractivity contribution in [2.24, 2.45) is 0 Å². The van der Waals surface area contributed by atoms with Crippen LogP contribution in [-0.4, -0.2) is 57.6 Å². The van der Waals surface area contributed by atoms with Crippen molar-refractivity contribution in [1.29, 1.82) is 0 Å². The molecule has 3 heterocycles. The van der Waals surface area contributed by atoms with Gasteiger partial charge in [-0.15, -0.1) is 10.2 Å². The van der Waals surface area contributed by atoms with E-state index in [0.29, 0.717) is 43.0 Å². The first kappa shape index (κ1) is 18.8. The summed E-state index contributed by atoms with van der Waals surface area (Å²) in [5.41, 5.74) is 3.02. The molecule has 0 unspecified atom stereocenters. The van der Waals surface area contributed by atoms with Gasteiger partial charge in [-0.1, -0.05) is 29.5 Å². The van der Waals surface area contributed by atoms with Crippen LogP contribution in [0, 0.1) is 13.8 Å². The zero-order chi connectivity index (χ0) is 19.5. The van der Waals surface area contributed by atoms with E-state index in [1.165, 1.54) is 17.3 Å². The minimum atomic E-state index is 0.0906. The number of aromatic nitrogens is 3. The molecular formula is C20H22N4O3S. The third kappa shape index (κ3) is 3.83. The first-order valence-electron chi connectivity index (χ1n) is 9.19. The van der Waals surface area contributed by atoms with Gasteiger partial charge < -0.3 is 14.1 Å². The maximum atomic E-state index is 12.5. The minimum absolute atomic E-state index is 0.0906. The van der Waals surface area contributed by atoms with Gasteiger partial charge in [0, 0.05) is 18.8 Å². The first-order valence-corrected chi connectivity index (χ1v) is 10.2. The lowest BCUT2D eigenvalue weighted by Gasteiger charge is -2.26. The van der Waals surface area contributed by atoms with Crippen LogP contribution in [0.1, 0.15) is 11.3 Å². The summed E-state index contributed by atoms with van der Waals surface area (Å²) in [4.78, 5) is 14.4. The summed E-state index contributed by atoms with van der Waals surface area (Å²) in [6, 6.07) is 10.1. The number of benzene rings is 1. The second-order valence-electron chi connectivity index (χ2n) is 6.65. The van der Waals surface area contributed by atoms with Crippen LogP contribution in [0.4, 0.5) is 0 Å². The number of aryl methyl sites for hydroxylation is 2. The van der Waals surface area contributed by atoms with Crippen LogP contribution in [0.2, 0.25) is 0 Å². The standard InChI is InChI=1S/C20H22N4O3S/c1-14-3-5-16(6-4-14)24-19(17-7-10-27-15(17)2)21-22-20(24)28-13-18(25)23-8-11-26-12-9-23/h3-7,10H,8-9,11-13H2,1-2H3. The number of hydrogen-bond acceptors (Lipinski definition) is 6. The summed E-state index contributed by atoms with van der Waals surface area (Å²) >= 11 is 1.40. The average molecular weight is 398 g/mol. The van der Waals surface area contributed by atoms with Crippen LogP contribution in [0.25, 0.3) is 17.1 Å². The van der Waals surface area contributed by atoms with Crippen molar-refractivity contribution in [1.82, 2.24) is 19.7 Å². The number of carbonyl (C=O) groups excluding carboxylic acids is 1. The van der Waals surface area contributed by atoms with Crippen molar-refractivity contribution in [3.05, 3.63) is 47.9 Å². The number of morpholine rings is 1. The highest BCUT2D eigenvalue weighted by atomic mass is 32.2. The molecule has 1 saturated heterocycles. The molecular weight excluding hydrogens is 376 g/mol. The number of ether oxygens (including phenoxy) is 1. The van der Waals surface area contributed by atoms with Crippen molar-refractivity contribution >= 4 is 17.7 Å². The van der Waals surface area contributed by atoms with Crippen molar-refractivity contribution in [2.75, 3.05) is 32.1 Å². The van der Waals surface area contributed by atoms with Crippen molar-refractivity contribution in [2.45, 2.75) is 19.0 Å². The molecule has 0 saturated carbocycles. The molecule has 28 heavy (non-hydrogen) atoms. The molecule has 1 aliphatic rings. The first-order chi connectivity index (χ1) is 13.6. The number of rotatable bonds is 5. The fraction of sp³-hybridized carbons (Fsp3) is 0.350. The summed E-state index contributed by atoms with van der Waals surface area (Å²) < 4.78 is 12.8. The molecule has 1 fully saturated rings. The van der Waals surface area contributed by atoms with E-state index >= 15 is 0 Å². The summed E-state index contributed by atoms with van der Waals surface area (Å²) in [5, 5.41) is 9.45. The average Bonchev–Trinajstić information content (AvgIpc) is 3.33. The molecule has 1 aromatic carbocycles. The number of furan rings is 1. The molecule has 0 radical (unpaired) electrons. The molecule has 7 nitrogen and oxygen atoms in total. The number of thioether (sulfide) groups is 1. The maximum Gasteiger partial charge on any atom is 0.233 e. The molecule has 4 rings (SSSR count). The Bertz CT molecular complexity index is 958. The fourth-order valence-electron chi connectivity index (χ4n) is 3.11. The molecule has 0 atom stereocenters. The van der Waals surface area contributed by atoms with E-state index in [2.05, 4.69) is 22.3 Å². The van der Waals surface area contributed by atoms with Gasteiger partial charge in [-0.3, -0.25) is 9.36 Å². The van der Waals surface area contributed by atoms with E-state index in [0.717, 1.165) is 17.0 Å². The summed E-state index contributed by atoms with van der Waals surface area (Å²) in [7, 11) is 0. The lowest BCUT2D eigenvalue weighted by atomic mass is 10.2. The highest BCUT2D eigenvalue weighted by molar-refractivity contribution is 7.99. The zero-order valence-electron chi connectivity index (χ0n) is 15.9. The van der Waals surface area contributed by atoms with E-state index in [1.54, 1.807) is 6.26 Å². The van der Waals surface area contributed by atoms with E-state index in [-0.39, 0.29) is 5.91 Å². The van der Waals surface area contributed by atoms with Crippen LogP contribution in [0.5, 0.6) is 0 Å². The fourth-order valence-corrected chi connectivity index (χ4v) is 3.97. The van der Waals surface area contributed by atoms with Gasteiger partial charge in [-0.2, -0.15) is 0 Å². The third-order valence-electron chi connectivity index (χ3n) is 4.71. The van der Waals surface area contributed by atoms with Crippen molar-refractivity contribution in [3.63, 3.8) is 0 Å². The molecule has 0 spiro atoms. The van der Waals surface area contributed by atoms with Gasteiger partial charge in [0.2, 0.25) is 5.91 Å². The van der Waals surface area contributed by atoms with Gasteiger partial charge in [0.15, 0.2) is 11.0 Å². The molecule has 0 aliphatic carbocycles. The Morgan fingerprint density at radius 3 is 2.54 bits per heavy atom. The van der Waals surface area contributed by atoms with Gasteiger partial charge >= 0.3 is 0 Å². The maximum absolute atomic E-state index is 12.5. The van der Waals surface area contributed by atoms with Crippen LogP contribution in [-0.2, 0) is 9.53 Å². The van der Waals surface area contributed by atoms with Crippen LogP contribution >= 0.6 is 11.8 Å². The number of nitrogens with zero attached hydrogens (tertiary/aromatic N) is 4. The second-order valence-corrected chi connectivity index (χ2v) is 7.59. The molecule has 8 heteroatoms. The number of carbonyl (C=O) groups is 1. The summed E-state index contributed by atoms with van der Waals surface area (Å²) in [5.74, 6) is 1.89. The molecule has 0 N–H and O–H groups in total. The monoisotopic (exact) mass is 398 g/mol. The summed E-state index contributed by atoms with van der Waals surface area (Å²) in [6.45, 7) is 6.43. The van der Waals surface area contributed by atoms with Gasteiger partial charge in [0.25, 0.3) is 0 Å². The third-order valence-corrected chi connectivity index (χ3v) is 5.63. The van der Waals surface area contributed by atoms with E-state index in [9.17, 15) is 4.79 Å². The molecule has 3 aromatic rings. The van der Waals surface area contributed by atoms with Crippen molar-refractivity contribution in [3.8, 4) is 17.1 Å². The Balaban J connectivity index is 1.63. The van der Waals surface area contributed by atoms with Gasteiger partial charge in [-0.05, 0) is 32.0 Å². The van der Waals surface area contributed by atoms with Crippen LogP contribution < -0.4 is 0 Å².